The molecule has 7 heteroatoms. The van der Waals surface area contributed by atoms with Crippen LogP contribution in [-0.4, -0.2) is 30.4 Å². The van der Waals surface area contributed by atoms with Crippen molar-refractivity contribution in [2.24, 2.45) is 0 Å². The molecular weight excluding hydrogens is 320 g/mol. The standard InChI is InChI=1S/C16H15ClN2O4/c1-18(10-12-5-7-13(17)8-6-12)15(20)11-23-16(21)14-4-2-3-9-19(14)22/h2-9H,10-11H2,1H3. The molecule has 0 aliphatic carbocycles. The number of aromatic nitrogens is 1. The van der Waals surface area contributed by atoms with Crippen LogP contribution in [0, 0.1) is 5.21 Å². The molecule has 0 saturated heterocycles. The minimum Gasteiger partial charge on any atom is -0.618 e. The first-order valence-corrected chi connectivity index (χ1v) is 7.19. The Labute approximate surface area is 138 Å². The molecule has 0 aliphatic heterocycles. The summed E-state index contributed by atoms with van der Waals surface area (Å²) in [4.78, 5) is 25.2. The topological polar surface area (TPSA) is 73.5 Å². The van der Waals surface area contributed by atoms with Gasteiger partial charge in [-0.2, -0.15) is 4.73 Å². The minimum absolute atomic E-state index is 0.166. The van der Waals surface area contributed by atoms with Crippen molar-refractivity contribution in [2.75, 3.05) is 13.7 Å². The van der Waals surface area contributed by atoms with Crippen LogP contribution in [0.3, 0.4) is 0 Å². The highest BCUT2D eigenvalue weighted by atomic mass is 35.5. The fourth-order valence-electron chi connectivity index (χ4n) is 1.85. The maximum atomic E-state index is 12.0. The summed E-state index contributed by atoms with van der Waals surface area (Å²) in [6, 6.07) is 11.5. The lowest BCUT2D eigenvalue weighted by Gasteiger charge is -2.17. The van der Waals surface area contributed by atoms with E-state index < -0.39 is 12.6 Å². The van der Waals surface area contributed by atoms with E-state index in [1.54, 1.807) is 25.2 Å². The molecule has 23 heavy (non-hydrogen) atoms. The molecule has 2 rings (SSSR count). The van der Waals surface area contributed by atoms with Crippen molar-refractivity contribution in [1.29, 1.82) is 0 Å². The van der Waals surface area contributed by atoms with E-state index in [4.69, 9.17) is 16.3 Å². The number of hydrogen-bond acceptors (Lipinski definition) is 4. The van der Waals surface area contributed by atoms with Crippen LogP contribution >= 0.6 is 11.6 Å². The summed E-state index contributed by atoms with van der Waals surface area (Å²) in [6.45, 7) is -0.0712. The van der Waals surface area contributed by atoms with Crippen molar-refractivity contribution in [3.8, 4) is 0 Å². The maximum Gasteiger partial charge on any atom is 0.405 e. The van der Waals surface area contributed by atoms with Crippen molar-refractivity contribution in [2.45, 2.75) is 6.54 Å². The molecule has 0 radical (unpaired) electrons. The molecule has 1 heterocycles. The summed E-state index contributed by atoms with van der Waals surface area (Å²) in [6.07, 6.45) is 1.19. The Hall–Kier alpha value is -2.60. The van der Waals surface area contributed by atoms with Gasteiger partial charge in [0.2, 0.25) is 0 Å². The molecule has 6 nitrogen and oxygen atoms in total. The zero-order chi connectivity index (χ0) is 16.8. The van der Waals surface area contributed by atoms with Crippen molar-refractivity contribution in [1.82, 2.24) is 4.90 Å². The van der Waals surface area contributed by atoms with Gasteiger partial charge in [-0.05, 0) is 23.8 Å². The van der Waals surface area contributed by atoms with Gasteiger partial charge in [0.15, 0.2) is 12.8 Å². The Kier molecular flexibility index (Phi) is 5.54. The highest BCUT2D eigenvalue weighted by Crippen LogP contribution is 2.11. The number of rotatable bonds is 5. The fraction of sp³-hybridized carbons (Fsp3) is 0.188. The number of esters is 1. The Morgan fingerprint density at radius 3 is 2.57 bits per heavy atom. The second kappa shape index (κ2) is 7.60. The quantitative estimate of drug-likeness (QED) is 0.474. The first kappa shape index (κ1) is 16.8. The molecule has 1 aromatic heterocycles. The third-order valence-corrected chi connectivity index (χ3v) is 3.37. The van der Waals surface area contributed by atoms with E-state index in [0.717, 1.165) is 5.56 Å². The van der Waals surface area contributed by atoms with Crippen LogP contribution in [0.25, 0.3) is 0 Å². The molecule has 0 bridgehead atoms. The monoisotopic (exact) mass is 334 g/mol. The Bertz CT molecular complexity index is 703. The van der Waals surface area contributed by atoms with E-state index >= 15 is 0 Å². The van der Waals surface area contributed by atoms with Crippen molar-refractivity contribution in [3.63, 3.8) is 0 Å². The highest BCUT2D eigenvalue weighted by molar-refractivity contribution is 6.30. The lowest BCUT2D eigenvalue weighted by molar-refractivity contribution is -0.608. The predicted octanol–water partition coefficient (Wildman–Crippen LogP) is 1.79. The van der Waals surface area contributed by atoms with Crippen molar-refractivity contribution >= 4 is 23.5 Å². The summed E-state index contributed by atoms with van der Waals surface area (Å²) in [7, 11) is 1.60. The molecular formula is C16H15ClN2O4. The Balaban J connectivity index is 1.87. The molecule has 120 valence electrons. The van der Waals surface area contributed by atoms with Gasteiger partial charge in [-0.3, -0.25) is 4.79 Å². The molecule has 1 amide bonds. The number of carbonyl (C=O) groups is 2. The molecule has 0 spiro atoms. The van der Waals surface area contributed by atoms with Gasteiger partial charge < -0.3 is 14.8 Å². The molecule has 1 aromatic carbocycles. The van der Waals surface area contributed by atoms with E-state index in [9.17, 15) is 14.8 Å². The van der Waals surface area contributed by atoms with Crippen LogP contribution in [0.4, 0.5) is 0 Å². The number of halogens is 1. The number of nitrogens with zero attached hydrogens (tertiary/aromatic N) is 2. The zero-order valence-corrected chi connectivity index (χ0v) is 13.2. The summed E-state index contributed by atoms with van der Waals surface area (Å²) in [5.41, 5.74) is 0.734. The fourth-order valence-corrected chi connectivity index (χ4v) is 1.98. The van der Waals surface area contributed by atoms with Crippen LogP contribution < -0.4 is 4.73 Å². The highest BCUT2D eigenvalue weighted by Gasteiger charge is 2.19. The first-order chi connectivity index (χ1) is 11.0. The summed E-state index contributed by atoms with van der Waals surface area (Å²) in [5, 5.41) is 12.0. The lowest BCUT2D eigenvalue weighted by atomic mass is 10.2. The van der Waals surface area contributed by atoms with Crippen LogP contribution in [0.1, 0.15) is 16.1 Å². The maximum absolute atomic E-state index is 12.0. The molecule has 0 saturated carbocycles. The number of carbonyl (C=O) groups excluding carboxylic acids is 2. The van der Waals surface area contributed by atoms with Gasteiger partial charge in [0.25, 0.3) is 5.91 Å². The number of ether oxygens (including phenoxy) is 1. The van der Waals surface area contributed by atoms with E-state index in [1.165, 1.54) is 23.2 Å². The summed E-state index contributed by atoms with van der Waals surface area (Å²) in [5.74, 6) is -1.21. The lowest BCUT2D eigenvalue weighted by Crippen LogP contribution is -2.36. The molecule has 0 atom stereocenters. The minimum atomic E-state index is -0.839. The number of pyridine rings is 1. The number of amides is 1. The van der Waals surface area contributed by atoms with Crippen LogP contribution in [0.5, 0.6) is 0 Å². The van der Waals surface area contributed by atoms with Gasteiger partial charge in [-0.15, -0.1) is 0 Å². The third kappa shape index (κ3) is 4.69. The van der Waals surface area contributed by atoms with Gasteiger partial charge in [0.05, 0.1) is 0 Å². The van der Waals surface area contributed by atoms with Gasteiger partial charge in [-0.25, -0.2) is 4.79 Å². The second-order valence-electron chi connectivity index (χ2n) is 4.86. The molecule has 0 aliphatic rings. The van der Waals surface area contributed by atoms with Crippen LogP contribution in [0.2, 0.25) is 5.02 Å². The predicted molar refractivity (Wildman–Crippen MR) is 83.6 cm³/mol. The number of hydrogen-bond donors (Lipinski definition) is 0. The Morgan fingerprint density at radius 2 is 1.91 bits per heavy atom. The van der Waals surface area contributed by atoms with Gasteiger partial charge in [0.1, 0.15) is 0 Å². The molecule has 2 aromatic rings. The van der Waals surface area contributed by atoms with Crippen LogP contribution in [0.15, 0.2) is 48.7 Å². The SMILES string of the molecule is CN(Cc1ccc(Cl)cc1)C(=O)COC(=O)c1cccc[n+]1[O-]. The average molecular weight is 335 g/mol. The molecule has 0 fully saturated rings. The molecule has 0 N–H and O–H groups in total. The second-order valence-corrected chi connectivity index (χ2v) is 5.30. The van der Waals surface area contributed by atoms with Crippen molar-refractivity contribution < 1.29 is 19.1 Å². The van der Waals surface area contributed by atoms with Gasteiger partial charge in [0, 0.05) is 30.7 Å². The smallest absolute Gasteiger partial charge is 0.405 e. The Morgan fingerprint density at radius 1 is 1.22 bits per heavy atom. The average Bonchev–Trinajstić information content (AvgIpc) is 2.54. The summed E-state index contributed by atoms with van der Waals surface area (Å²) < 4.78 is 5.27. The number of benzene rings is 1. The van der Waals surface area contributed by atoms with Crippen molar-refractivity contribution in [3.05, 3.63) is 70.1 Å². The van der Waals surface area contributed by atoms with E-state index in [0.29, 0.717) is 16.3 Å². The summed E-state index contributed by atoms with van der Waals surface area (Å²) >= 11 is 5.80. The first-order valence-electron chi connectivity index (χ1n) is 6.81. The largest absolute Gasteiger partial charge is 0.618 e. The van der Waals surface area contributed by atoms with E-state index in [2.05, 4.69) is 0 Å². The van der Waals surface area contributed by atoms with E-state index in [1.807, 2.05) is 12.1 Å². The van der Waals surface area contributed by atoms with Gasteiger partial charge >= 0.3 is 11.7 Å². The van der Waals surface area contributed by atoms with Gasteiger partial charge in [-0.1, -0.05) is 23.7 Å². The number of likely N-dealkylation sites (N-methyl/N-ethyl adjacent to an activating group) is 1. The van der Waals surface area contributed by atoms with Crippen LogP contribution in [-0.2, 0) is 16.1 Å². The van der Waals surface area contributed by atoms with E-state index in [-0.39, 0.29) is 11.6 Å². The normalized spacial score (nSPS) is 10.2. The zero-order valence-electron chi connectivity index (χ0n) is 12.4. The molecule has 0 unspecified atom stereocenters. The third-order valence-electron chi connectivity index (χ3n) is 3.12.